The topological polar surface area (TPSA) is 52.7 Å². The van der Waals surface area contributed by atoms with Gasteiger partial charge in [-0.3, -0.25) is 14.5 Å². The maximum atomic E-state index is 13.0. The third kappa shape index (κ3) is 4.94. The second-order valence-electron chi connectivity index (χ2n) is 7.18. The van der Waals surface area contributed by atoms with Crippen molar-refractivity contribution < 1.29 is 9.59 Å². The molecule has 0 radical (unpaired) electrons. The first kappa shape index (κ1) is 20.4. The van der Waals surface area contributed by atoms with Gasteiger partial charge >= 0.3 is 0 Å². The smallest absolute Gasteiger partial charge is 0.251 e. The predicted octanol–water partition coefficient (Wildman–Crippen LogP) is 3.40. The van der Waals surface area contributed by atoms with E-state index in [9.17, 15) is 9.59 Å². The summed E-state index contributed by atoms with van der Waals surface area (Å²) in [4.78, 5) is 29.8. The average Bonchev–Trinajstić information content (AvgIpc) is 2.86. The van der Waals surface area contributed by atoms with Crippen LogP contribution in [0.1, 0.15) is 29.3 Å². The molecule has 2 amide bonds. The highest BCUT2D eigenvalue weighted by molar-refractivity contribution is 8.00. The zero-order chi connectivity index (χ0) is 20.1. The molecule has 0 aromatic heterocycles. The van der Waals surface area contributed by atoms with Crippen LogP contribution in [0.5, 0.6) is 0 Å². The molecule has 6 heteroatoms. The number of anilines is 1. The van der Waals surface area contributed by atoms with Crippen LogP contribution in [0, 0.1) is 0 Å². The maximum absolute atomic E-state index is 13.0. The molecule has 148 valence electrons. The van der Waals surface area contributed by atoms with Crippen LogP contribution in [0.15, 0.2) is 53.4 Å². The van der Waals surface area contributed by atoms with Gasteiger partial charge in [-0.05, 0) is 43.3 Å². The van der Waals surface area contributed by atoms with Crippen molar-refractivity contribution in [3.8, 4) is 0 Å². The number of benzene rings is 2. The third-order valence-electron chi connectivity index (χ3n) is 4.85. The van der Waals surface area contributed by atoms with Crippen molar-refractivity contribution in [3.05, 3.63) is 59.7 Å². The quantitative estimate of drug-likeness (QED) is 0.840. The summed E-state index contributed by atoms with van der Waals surface area (Å²) in [7, 11) is 3.57. The van der Waals surface area contributed by atoms with Gasteiger partial charge in [0.15, 0.2) is 0 Å². The van der Waals surface area contributed by atoms with Crippen LogP contribution < -0.4 is 10.2 Å². The number of nitrogens with one attached hydrogen (secondary N) is 1. The summed E-state index contributed by atoms with van der Waals surface area (Å²) in [6.07, 6.45) is 0.982. The Morgan fingerprint density at radius 3 is 2.61 bits per heavy atom. The minimum atomic E-state index is -0.0954. The number of fused-ring (bicyclic) bond motifs is 1. The van der Waals surface area contributed by atoms with Gasteiger partial charge in [0, 0.05) is 35.8 Å². The number of rotatable bonds is 5. The zero-order valence-electron chi connectivity index (χ0n) is 16.6. The van der Waals surface area contributed by atoms with Gasteiger partial charge in [-0.2, -0.15) is 0 Å². The summed E-state index contributed by atoms with van der Waals surface area (Å²) in [5.74, 6) is 0.0219. The molecule has 1 atom stereocenters. The lowest BCUT2D eigenvalue weighted by atomic mass is 10.1. The van der Waals surface area contributed by atoms with E-state index in [1.54, 1.807) is 7.05 Å². The van der Waals surface area contributed by atoms with Crippen molar-refractivity contribution in [2.45, 2.75) is 30.0 Å². The van der Waals surface area contributed by atoms with Gasteiger partial charge in [-0.1, -0.05) is 31.2 Å². The van der Waals surface area contributed by atoms with Crippen molar-refractivity contribution >= 4 is 29.3 Å². The van der Waals surface area contributed by atoms with E-state index < -0.39 is 0 Å². The number of amides is 2. The molecule has 1 aliphatic heterocycles. The van der Waals surface area contributed by atoms with Gasteiger partial charge in [0.25, 0.3) is 5.91 Å². The fourth-order valence-electron chi connectivity index (χ4n) is 3.34. The SMILES string of the molecule is CNC(=O)c1ccc(CN(C)CC(=O)N2CCC(C)Sc3ccccc32)cc1. The van der Waals surface area contributed by atoms with Crippen LogP contribution >= 0.6 is 11.8 Å². The van der Waals surface area contributed by atoms with Crippen LogP contribution in [-0.2, 0) is 11.3 Å². The molecule has 1 aliphatic rings. The van der Waals surface area contributed by atoms with E-state index >= 15 is 0 Å². The summed E-state index contributed by atoms with van der Waals surface area (Å²) < 4.78 is 0. The highest BCUT2D eigenvalue weighted by Gasteiger charge is 2.24. The summed E-state index contributed by atoms with van der Waals surface area (Å²) >= 11 is 1.84. The van der Waals surface area contributed by atoms with Crippen molar-refractivity contribution in [2.75, 3.05) is 32.1 Å². The van der Waals surface area contributed by atoms with E-state index in [1.165, 1.54) is 4.90 Å². The lowest BCUT2D eigenvalue weighted by Crippen LogP contribution is -2.39. The highest BCUT2D eigenvalue weighted by atomic mass is 32.2. The molecule has 0 bridgehead atoms. The Balaban J connectivity index is 1.65. The number of nitrogens with zero attached hydrogens (tertiary/aromatic N) is 2. The minimum absolute atomic E-state index is 0.0954. The molecular formula is C22H27N3O2S. The lowest BCUT2D eigenvalue weighted by molar-refractivity contribution is -0.119. The third-order valence-corrected chi connectivity index (χ3v) is 6.08. The Kier molecular flexibility index (Phi) is 6.75. The molecule has 3 rings (SSSR count). The molecule has 0 saturated carbocycles. The molecule has 0 spiro atoms. The van der Waals surface area contributed by atoms with Crippen molar-refractivity contribution in [1.82, 2.24) is 10.2 Å². The monoisotopic (exact) mass is 397 g/mol. The van der Waals surface area contributed by atoms with Crippen LogP contribution in [0.2, 0.25) is 0 Å². The first-order valence-electron chi connectivity index (χ1n) is 9.53. The molecule has 2 aromatic rings. The number of carbonyl (C=O) groups excluding carboxylic acids is 2. The van der Waals surface area contributed by atoms with E-state index in [1.807, 2.05) is 71.1 Å². The molecule has 0 fully saturated rings. The normalized spacial score (nSPS) is 16.4. The molecule has 5 nitrogen and oxygen atoms in total. The van der Waals surface area contributed by atoms with Gasteiger partial charge in [-0.25, -0.2) is 0 Å². The number of carbonyl (C=O) groups is 2. The van der Waals surface area contributed by atoms with Gasteiger partial charge in [0.05, 0.1) is 12.2 Å². The standard InChI is InChI=1S/C22H27N3O2S/c1-16-12-13-25(19-6-4-5-7-20(19)28-16)21(26)15-24(3)14-17-8-10-18(11-9-17)22(27)23-2/h4-11,16H,12-15H2,1-3H3,(H,23,27). The second kappa shape index (κ2) is 9.26. The lowest BCUT2D eigenvalue weighted by Gasteiger charge is -2.25. The molecule has 28 heavy (non-hydrogen) atoms. The summed E-state index contributed by atoms with van der Waals surface area (Å²) in [6.45, 7) is 3.97. The van der Waals surface area contributed by atoms with Crippen LogP contribution in [0.25, 0.3) is 0 Å². The first-order chi connectivity index (χ1) is 13.5. The molecular weight excluding hydrogens is 370 g/mol. The Labute approximate surface area is 171 Å². The van der Waals surface area contributed by atoms with E-state index in [0.29, 0.717) is 23.9 Å². The molecule has 1 unspecified atom stereocenters. The maximum Gasteiger partial charge on any atom is 0.251 e. The average molecular weight is 398 g/mol. The van der Waals surface area contributed by atoms with Crippen molar-refractivity contribution in [2.24, 2.45) is 0 Å². The van der Waals surface area contributed by atoms with Crippen LogP contribution in [0.3, 0.4) is 0 Å². The number of thioether (sulfide) groups is 1. The Morgan fingerprint density at radius 2 is 1.89 bits per heavy atom. The predicted molar refractivity (Wildman–Crippen MR) is 115 cm³/mol. The van der Waals surface area contributed by atoms with Gasteiger partial charge < -0.3 is 10.2 Å². The molecule has 0 aliphatic carbocycles. The summed E-state index contributed by atoms with van der Waals surface area (Å²) in [5, 5.41) is 3.11. The van der Waals surface area contributed by atoms with Crippen molar-refractivity contribution in [3.63, 3.8) is 0 Å². The molecule has 2 aromatic carbocycles. The first-order valence-corrected chi connectivity index (χ1v) is 10.4. The Bertz CT molecular complexity index is 838. The Morgan fingerprint density at radius 1 is 1.18 bits per heavy atom. The van der Waals surface area contributed by atoms with Gasteiger partial charge in [0.1, 0.15) is 0 Å². The summed E-state index contributed by atoms with van der Waals surface area (Å²) in [5.41, 5.74) is 2.73. The van der Waals surface area contributed by atoms with Crippen LogP contribution in [-0.4, -0.2) is 49.1 Å². The largest absolute Gasteiger partial charge is 0.355 e. The summed E-state index contributed by atoms with van der Waals surface area (Å²) in [6, 6.07) is 15.7. The van der Waals surface area contributed by atoms with Gasteiger partial charge in [-0.15, -0.1) is 11.8 Å². The number of hydrogen-bond donors (Lipinski definition) is 1. The fraction of sp³-hybridized carbons (Fsp3) is 0.364. The number of para-hydroxylation sites is 1. The van der Waals surface area contributed by atoms with Gasteiger partial charge in [0.2, 0.25) is 5.91 Å². The number of hydrogen-bond acceptors (Lipinski definition) is 4. The zero-order valence-corrected chi connectivity index (χ0v) is 17.5. The second-order valence-corrected chi connectivity index (χ2v) is 8.66. The van der Waals surface area contributed by atoms with E-state index in [2.05, 4.69) is 18.3 Å². The van der Waals surface area contributed by atoms with E-state index in [-0.39, 0.29) is 11.8 Å². The Hall–Kier alpha value is -2.31. The van der Waals surface area contributed by atoms with E-state index in [4.69, 9.17) is 0 Å². The van der Waals surface area contributed by atoms with Crippen LogP contribution in [0.4, 0.5) is 5.69 Å². The van der Waals surface area contributed by atoms with Crippen molar-refractivity contribution in [1.29, 1.82) is 0 Å². The fourth-order valence-corrected chi connectivity index (χ4v) is 4.45. The van der Waals surface area contributed by atoms with E-state index in [0.717, 1.165) is 24.2 Å². The molecule has 0 saturated heterocycles. The minimum Gasteiger partial charge on any atom is -0.355 e. The molecule has 1 heterocycles. The molecule has 1 N–H and O–H groups in total. The number of likely N-dealkylation sites (N-methyl/N-ethyl adjacent to an activating group) is 1. The highest BCUT2D eigenvalue weighted by Crippen LogP contribution is 2.37.